The van der Waals surface area contributed by atoms with E-state index in [0.717, 1.165) is 48.4 Å². The summed E-state index contributed by atoms with van der Waals surface area (Å²) in [6, 6.07) is 0.815. The summed E-state index contributed by atoms with van der Waals surface area (Å²) in [5.74, 6) is 1.32. The molecule has 0 radical (unpaired) electrons. The van der Waals surface area contributed by atoms with Crippen LogP contribution in [0.5, 0.6) is 0 Å². The Kier molecular flexibility index (Phi) is 8.60. The maximum absolute atomic E-state index is 12.6. The molecule has 2 fully saturated rings. The molecule has 0 spiro atoms. The van der Waals surface area contributed by atoms with Crippen molar-refractivity contribution in [2.45, 2.75) is 44.8 Å². The van der Waals surface area contributed by atoms with Crippen LogP contribution in [-0.2, 0) is 12.6 Å². The van der Waals surface area contributed by atoms with Gasteiger partial charge in [-0.1, -0.05) is 0 Å². The molecule has 1 aliphatic heterocycles. The van der Waals surface area contributed by atoms with E-state index in [9.17, 15) is 13.2 Å². The second-order valence-corrected chi connectivity index (χ2v) is 7.84. The van der Waals surface area contributed by atoms with Crippen molar-refractivity contribution in [2.75, 3.05) is 32.7 Å². The summed E-state index contributed by atoms with van der Waals surface area (Å²) < 4.78 is 37.7. The molecule has 2 N–H and O–H groups in total. The summed E-state index contributed by atoms with van der Waals surface area (Å²) in [5.41, 5.74) is -0.806. The summed E-state index contributed by atoms with van der Waals surface area (Å²) in [7, 11) is 0. The van der Waals surface area contributed by atoms with E-state index in [1.165, 1.54) is 25.8 Å². The van der Waals surface area contributed by atoms with Crippen LogP contribution in [0.25, 0.3) is 0 Å². The van der Waals surface area contributed by atoms with E-state index in [1.54, 1.807) is 0 Å². The molecule has 5 nitrogen and oxygen atoms in total. The lowest BCUT2D eigenvalue weighted by molar-refractivity contribution is -0.140. The topological polar surface area (TPSA) is 52.6 Å². The lowest BCUT2D eigenvalue weighted by Crippen LogP contribution is -2.38. The van der Waals surface area contributed by atoms with Crippen molar-refractivity contribution in [3.8, 4) is 0 Å². The fourth-order valence-electron chi connectivity index (χ4n) is 3.19. The molecule has 2 aliphatic rings. The van der Waals surface area contributed by atoms with Crippen molar-refractivity contribution in [1.29, 1.82) is 0 Å². The molecule has 0 aromatic carbocycles. The van der Waals surface area contributed by atoms with Gasteiger partial charge < -0.3 is 15.5 Å². The number of hydrogen-bond donors (Lipinski definition) is 2. The summed E-state index contributed by atoms with van der Waals surface area (Å²) in [6.45, 7) is 6.36. The third kappa shape index (κ3) is 7.04. The first-order chi connectivity index (χ1) is 12.5. The number of aromatic nitrogens is 1. The number of alkyl halides is 3. The maximum Gasteiger partial charge on any atom is 0.434 e. The van der Waals surface area contributed by atoms with Gasteiger partial charge in [0.15, 0.2) is 11.7 Å². The minimum Gasteiger partial charge on any atom is -0.357 e. The van der Waals surface area contributed by atoms with Gasteiger partial charge in [-0.3, -0.25) is 4.99 Å². The van der Waals surface area contributed by atoms with E-state index < -0.39 is 11.9 Å². The fourth-order valence-corrected chi connectivity index (χ4v) is 3.99. The van der Waals surface area contributed by atoms with Gasteiger partial charge in [0.05, 0.1) is 5.01 Å². The quantitative estimate of drug-likeness (QED) is 0.331. The molecule has 2 heterocycles. The Hall–Kier alpha value is -0.620. The zero-order valence-electron chi connectivity index (χ0n) is 15.4. The Morgan fingerprint density at radius 3 is 2.74 bits per heavy atom. The van der Waals surface area contributed by atoms with E-state index in [2.05, 4.69) is 25.5 Å². The van der Waals surface area contributed by atoms with Gasteiger partial charge >= 0.3 is 6.18 Å². The molecule has 1 aromatic heterocycles. The average molecular weight is 517 g/mol. The number of likely N-dealkylation sites (tertiary alicyclic amines) is 1. The van der Waals surface area contributed by atoms with Crippen LogP contribution in [0.4, 0.5) is 13.2 Å². The van der Waals surface area contributed by atoms with Crippen molar-refractivity contribution in [2.24, 2.45) is 10.9 Å². The molecule has 1 saturated carbocycles. The Bertz CT molecular complexity index is 618. The molecule has 3 rings (SSSR count). The molecule has 0 bridgehead atoms. The number of aliphatic imine (C=N–C) groups is 1. The molecule has 1 atom stereocenters. The highest BCUT2D eigenvalue weighted by molar-refractivity contribution is 14.0. The number of halogens is 4. The smallest absolute Gasteiger partial charge is 0.357 e. The van der Waals surface area contributed by atoms with Crippen molar-refractivity contribution >= 4 is 41.3 Å². The van der Waals surface area contributed by atoms with E-state index >= 15 is 0 Å². The van der Waals surface area contributed by atoms with Crippen LogP contribution in [0.2, 0.25) is 0 Å². The second kappa shape index (κ2) is 10.2. The normalized spacial score (nSPS) is 21.2. The summed E-state index contributed by atoms with van der Waals surface area (Å²) >= 11 is 1.05. The minimum atomic E-state index is -4.37. The van der Waals surface area contributed by atoms with Gasteiger partial charge in [-0.05, 0) is 38.6 Å². The summed E-state index contributed by atoms with van der Waals surface area (Å²) in [4.78, 5) is 10.9. The molecule has 1 saturated heterocycles. The van der Waals surface area contributed by atoms with Crippen LogP contribution in [-0.4, -0.2) is 54.6 Å². The van der Waals surface area contributed by atoms with Crippen molar-refractivity contribution in [3.05, 3.63) is 16.1 Å². The molecule has 1 unspecified atom stereocenters. The molecular weight excluding hydrogens is 490 g/mol. The highest BCUT2D eigenvalue weighted by Gasteiger charge is 2.34. The van der Waals surface area contributed by atoms with Crippen molar-refractivity contribution in [1.82, 2.24) is 20.5 Å². The fraction of sp³-hybridized carbons (Fsp3) is 0.765. The average Bonchev–Trinajstić information content (AvgIpc) is 3.13. The highest BCUT2D eigenvalue weighted by Crippen LogP contribution is 2.32. The monoisotopic (exact) mass is 517 g/mol. The number of nitrogens with zero attached hydrogens (tertiary/aromatic N) is 3. The number of hydrogen-bond acceptors (Lipinski definition) is 4. The lowest BCUT2D eigenvalue weighted by atomic mass is 10.1. The van der Waals surface area contributed by atoms with E-state index in [-0.39, 0.29) is 24.0 Å². The maximum atomic E-state index is 12.6. The van der Waals surface area contributed by atoms with Crippen LogP contribution in [0.3, 0.4) is 0 Å². The zero-order chi connectivity index (χ0) is 18.6. The number of guanidine groups is 1. The van der Waals surface area contributed by atoms with Crippen LogP contribution >= 0.6 is 35.3 Å². The predicted octanol–water partition coefficient (Wildman–Crippen LogP) is 3.36. The van der Waals surface area contributed by atoms with Gasteiger partial charge in [-0.2, -0.15) is 13.2 Å². The lowest BCUT2D eigenvalue weighted by Gasteiger charge is -2.15. The predicted molar refractivity (Wildman–Crippen MR) is 113 cm³/mol. The molecule has 27 heavy (non-hydrogen) atoms. The number of nitrogens with one attached hydrogen (secondary N) is 2. The number of rotatable bonds is 7. The standard InChI is InChI=1S/C17H26F3N5S.HI/c1-2-21-16(23-9-12-6-8-25(10-12)13-3-4-13)22-7-5-15-24-14(11-26-15)17(18,19)20;/h11-13H,2-10H2,1H3,(H2,21,22,23);1H. The van der Waals surface area contributed by atoms with Crippen LogP contribution in [0.15, 0.2) is 10.4 Å². The van der Waals surface area contributed by atoms with Gasteiger partial charge in [-0.15, -0.1) is 35.3 Å². The van der Waals surface area contributed by atoms with Gasteiger partial charge in [0.2, 0.25) is 0 Å². The minimum absolute atomic E-state index is 0. The Morgan fingerprint density at radius 1 is 1.33 bits per heavy atom. The van der Waals surface area contributed by atoms with Crippen LogP contribution in [0, 0.1) is 5.92 Å². The van der Waals surface area contributed by atoms with Crippen LogP contribution in [0.1, 0.15) is 36.9 Å². The van der Waals surface area contributed by atoms with E-state index in [0.29, 0.717) is 23.9 Å². The Balaban J connectivity index is 0.00000261. The molecule has 1 aromatic rings. The molecule has 154 valence electrons. The largest absolute Gasteiger partial charge is 0.434 e. The Labute approximate surface area is 179 Å². The summed E-state index contributed by atoms with van der Waals surface area (Å²) in [6.07, 6.45) is -0.0447. The van der Waals surface area contributed by atoms with Crippen molar-refractivity contribution < 1.29 is 13.2 Å². The van der Waals surface area contributed by atoms with Gasteiger partial charge in [0.25, 0.3) is 0 Å². The van der Waals surface area contributed by atoms with Gasteiger partial charge in [0.1, 0.15) is 0 Å². The third-order valence-electron chi connectivity index (χ3n) is 4.71. The van der Waals surface area contributed by atoms with E-state index in [1.807, 2.05) is 6.92 Å². The molecular formula is C17H27F3IN5S. The molecule has 0 amide bonds. The first kappa shape index (κ1) is 22.7. The van der Waals surface area contributed by atoms with Gasteiger partial charge in [-0.25, -0.2) is 4.98 Å². The third-order valence-corrected chi connectivity index (χ3v) is 5.61. The SMILES string of the molecule is CCNC(=NCC1CCN(C2CC2)C1)NCCc1nc(C(F)(F)F)cs1.I. The molecule has 10 heteroatoms. The highest BCUT2D eigenvalue weighted by atomic mass is 127. The Morgan fingerprint density at radius 2 is 2.11 bits per heavy atom. The second-order valence-electron chi connectivity index (χ2n) is 6.90. The van der Waals surface area contributed by atoms with Crippen molar-refractivity contribution in [3.63, 3.8) is 0 Å². The first-order valence-corrected chi connectivity index (χ1v) is 10.1. The number of thiazole rings is 1. The molecule has 1 aliphatic carbocycles. The van der Waals surface area contributed by atoms with Crippen LogP contribution < -0.4 is 10.6 Å². The zero-order valence-corrected chi connectivity index (χ0v) is 18.5. The first-order valence-electron chi connectivity index (χ1n) is 9.23. The summed E-state index contributed by atoms with van der Waals surface area (Å²) in [5, 5.41) is 7.95. The van der Waals surface area contributed by atoms with Gasteiger partial charge in [0, 0.05) is 44.0 Å². The van der Waals surface area contributed by atoms with E-state index in [4.69, 9.17) is 0 Å².